The number of carboxylic acid groups (broad SMARTS) is 1. The lowest BCUT2D eigenvalue weighted by atomic mass is 9.87. The number of ketones is 1. The van der Waals surface area contributed by atoms with Crippen molar-refractivity contribution < 1.29 is 28.9 Å². The molecule has 0 aromatic heterocycles. The van der Waals surface area contributed by atoms with Crippen LogP contribution in [0.25, 0.3) is 0 Å². The summed E-state index contributed by atoms with van der Waals surface area (Å²) < 4.78 is 16.4. The Morgan fingerprint density at radius 2 is 2.10 bits per heavy atom. The Hall–Kier alpha value is -2.24. The minimum absolute atomic E-state index is 0.0641. The van der Waals surface area contributed by atoms with Gasteiger partial charge in [-0.15, -0.1) is 0 Å². The summed E-state index contributed by atoms with van der Waals surface area (Å²) in [4.78, 5) is 23.0. The number of ether oxygens (including phenoxy) is 3. The average Bonchev–Trinajstić information content (AvgIpc) is 2.44. The summed E-state index contributed by atoms with van der Waals surface area (Å²) in [6.45, 7) is 1.73. The Kier molecular flexibility index (Phi) is 4.06. The van der Waals surface area contributed by atoms with Crippen LogP contribution in [0.15, 0.2) is 12.1 Å². The van der Waals surface area contributed by atoms with Crippen molar-refractivity contribution in [3.05, 3.63) is 17.7 Å². The van der Waals surface area contributed by atoms with E-state index < -0.39 is 11.6 Å². The molecular formula is C15H18O6. The topological polar surface area (TPSA) is 82.1 Å². The molecule has 0 unspecified atom stereocenters. The number of benzene rings is 1. The molecule has 0 radical (unpaired) electrons. The van der Waals surface area contributed by atoms with E-state index in [1.807, 2.05) is 0 Å². The van der Waals surface area contributed by atoms with Crippen LogP contribution in [-0.4, -0.2) is 36.7 Å². The van der Waals surface area contributed by atoms with Gasteiger partial charge in [0.15, 0.2) is 17.3 Å². The first kappa shape index (κ1) is 15.2. The molecule has 1 N–H and O–H groups in total. The maximum Gasteiger partial charge on any atom is 0.303 e. The first-order valence-electron chi connectivity index (χ1n) is 6.59. The number of carbonyl (C=O) groups excluding carboxylic acids is 1. The second kappa shape index (κ2) is 5.63. The Balaban J connectivity index is 2.41. The summed E-state index contributed by atoms with van der Waals surface area (Å²) in [6.07, 6.45) is 0.321. The van der Waals surface area contributed by atoms with Crippen LogP contribution in [0, 0.1) is 0 Å². The molecule has 0 saturated carbocycles. The third kappa shape index (κ3) is 2.94. The molecule has 1 heterocycles. The van der Waals surface area contributed by atoms with Crippen LogP contribution in [0.4, 0.5) is 0 Å². The summed E-state index contributed by atoms with van der Waals surface area (Å²) in [6, 6.07) is 3.29. The van der Waals surface area contributed by atoms with Crippen molar-refractivity contribution in [3.63, 3.8) is 0 Å². The molecule has 21 heavy (non-hydrogen) atoms. The van der Waals surface area contributed by atoms with E-state index in [4.69, 9.17) is 19.3 Å². The van der Waals surface area contributed by atoms with Gasteiger partial charge in [-0.1, -0.05) is 0 Å². The Morgan fingerprint density at radius 1 is 1.38 bits per heavy atom. The van der Waals surface area contributed by atoms with Gasteiger partial charge in [0.2, 0.25) is 5.75 Å². The molecule has 0 amide bonds. The smallest absolute Gasteiger partial charge is 0.303 e. The SMILES string of the molecule is COc1ccc2c(c1OC)O[C@](C)(CCC(=O)O)CC2=O. The zero-order valence-electron chi connectivity index (χ0n) is 12.3. The zero-order chi connectivity index (χ0) is 15.6. The molecule has 6 heteroatoms. The Bertz CT molecular complexity index is 580. The highest BCUT2D eigenvalue weighted by Crippen LogP contribution is 2.46. The predicted molar refractivity (Wildman–Crippen MR) is 74.4 cm³/mol. The number of carboxylic acids is 1. The summed E-state index contributed by atoms with van der Waals surface area (Å²) in [5, 5.41) is 8.82. The van der Waals surface area contributed by atoms with Gasteiger partial charge < -0.3 is 19.3 Å². The van der Waals surface area contributed by atoms with Crippen LogP contribution in [-0.2, 0) is 4.79 Å². The van der Waals surface area contributed by atoms with Gasteiger partial charge in [-0.05, 0) is 25.5 Å². The van der Waals surface area contributed by atoms with E-state index >= 15 is 0 Å². The molecule has 1 aromatic carbocycles. The van der Waals surface area contributed by atoms with Gasteiger partial charge in [-0.3, -0.25) is 9.59 Å². The fourth-order valence-corrected chi connectivity index (χ4v) is 2.45. The molecule has 1 aromatic rings. The van der Waals surface area contributed by atoms with Crippen LogP contribution in [0.1, 0.15) is 36.5 Å². The zero-order valence-corrected chi connectivity index (χ0v) is 12.3. The highest BCUT2D eigenvalue weighted by atomic mass is 16.5. The van der Waals surface area contributed by atoms with Crippen LogP contribution >= 0.6 is 0 Å². The molecule has 1 aliphatic heterocycles. The molecular weight excluding hydrogens is 276 g/mol. The van der Waals surface area contributed by atoms with Gasteiger partial charge in [-0.2, -0.15) is 0 Å². The van der Waals surface area contributed by atoms with Crippen molar-refractivity contribution in [1.82, 2.24) is 0 Å². The van der Waals surface area contributed by atoms with Gasteiger partial charge in [0.25, 0.3) is 0 Å². The second-order valence-corrected chi connectivity index (χ2v) is 5.22. The monoisotopic (exact) mass is 294 g/mol. The van der Waals surface area contributed by atoms with Crippen LogP contribution in [0.3, 0.4) is 0 Å². The van der Waals surface area contributed by atoms with Crippen molar-refractivity contribution >= 4 is 11.8 Å². The third-order valence-electron chi connectivity index (χ3n) is 3.55. The van der Waals surface area contributed by atoms with Crippen LogP contribution in [0.5, 0.6) is 17.2 Å². The lowest BCUT2D eigenvalue weighted by Crippen LogP contribution is -2.39. The fourth-order valence-electron chi connectivity index (χ4n) is 2.45. The lowest BCUT2D eigenvalue weighted by Gasteiger charge is -2.35. The maximum absolute atomic E-state index is 12.3. The molecule has 0 aliphatic carbocycles. The Labute approximate surface area is 122 Å². The van der Waals surface area contributed by atoms with Gasteiger partial charge in [-0.25, -0.2) is 0 Å². The van der Waals surface area contributed by atoms with Crippen LogP contribution < -0.4 is 14.2 Å². The molecule has 1 aliphatic rings. The minimum atomic E-state index is -0.921. The molecule has 6 nitrogen and oxygen atoms in total. The van der Waals surface area contributed by atoms with Gasteiger partial charge in [0.1, 0.15) is 5.60 Å². The second-order valence-electron chi connectivity index (χ2n) is 5.22. The molecule has 0 spiro atoms. The van der Waals surface area contributed by atoms with Crippen LogP contribution in [0.2, 0.25) is 0 Å². The molecule has 2 rings (SSSR count). The predicted octanol–water partition coefficient (Wildman–Crippen LogP) is 2.29. The molecule has 0 fully saturated rings. The molecule has 114 valence electrons. The van der Waals surface area contributed by atoms with Gasteiger partial charge in [0, 0.05) is 6.42 Å². The maximum atomic E-state index is 12.3. The van der Waals surface area contributed by atoms with E-state index in [0.717, 1.165) is 0 Å². The fraction of sp³-hybridized carbons (Fsp3) is 0.467. The van der Waals surface area contributed by atoms with Gasteiger partial charge in [0.05, 0.1) is 26.2 Å². The average molecular weight is 294 g/mol. The number of aliphatic carboxylic acids is 1. The highest BCUT2D eigenvalue weighted by Gasteiger charge is 2.39. The number of hydrogen-bond donors (Lipinski definition) is 1. The number of hydrogen-bond acceptors (Lipinski definition) is 5. The molecule has 0 saturated heterocycles. The lowest BCUT2D eigenvalue weighted by molar-refractivity contribution is -0.138. The normalized spacial score (nSPS) is 20.4. The summed E-state index contributed by atoms with van der Waals surface area (Å²) >= 11 is 0. The number of methoxy groups -OCH3 is 2. The standard InChI is InChI=1S/C15H18O6/c1-15(7-6-12(17)18)8-10(16)9-4-5-11(19-2)14(20-3)13(9)21-15/h4-5H,6-8H2,1-3H3,(H,17,18)/t15-/m1/s1. The number of rotatable bonds is 5. The van der Waals surface area contributed by atoms with E-state index in [1.165, 1.54) is 14.2 Å². The van der Waals surface area contributed by atoms with E-state index in [9.17, 15) is 9.59 Å². The minimum Gasteiger partial charge on any atom is -0.493 e. The number of Topliss-reactive ketones (excluding diaryl/α,β-unsaturated/α-hetero) is 1. The number of carbonyl (C=O) groups is 2. The summed E-state index contributed by atoms with van der Waals surface area (Å²) in [7, 11) is 2.97. The largest absolute Gasteiger partial charge is 0.493 e. The van der Waals surface area contributed by atoms with E-state index in [1.54, 1.807) is 19.1 Å². The van der Waals surface area contributed by atoms with E-state index in [0.29, 0.717) is 22.8 Å². The van der Waals surface area contributed by atoms with Crippen molar-refractivity contribution in [2.45, 2.75) is 31.8 Å². The summed E-state index contributed by atoms with van der Waals surface area (Å²) in [5.74, 6) is 0.123. The first-order valence-corrected chi connectivity index (χ1v) is 6.59. The molecule has 0 bridgehead atoms. The van der Waals surface area contributed by atoms with Crippen molar-refractivity contribution in [1.29, 1.82) is 0 Å². The van der Waals surface area contributed by atoms with Crippen molar-refractivity contribution in [3.8, 4) is 17.2 Å². The number of fused-ring (bicyclic) bond motifs is 1. The highest BCUT2D eigenvalue weighted by molar-refractivity contribution is 6.01. The first-order chi connectivity index (χ1) is 9.90. The van der Waals surface area contributed by atoms with E-state index in [-0.39, 0.29) is 25.0 Å². The van der Waals surface area contributed by atoms with Crippen molar-refractivity contribution in [2.75, 3.05) is 14.2 Å². The quantitative estimate of drug-likeness (QED) is 0.897. The third-order valence-corrected chi connectivity index (χ3v) is 3.55. The Morgan fingerprint density at radius 3 is 2.67 bits per heavy atom. The van der Waals surface area contributed by atoms with Gasteiger partial charge >= 0.3 is 5.97 Å². The summed E-state index contributed by atoms with van der Waals surface area (Å²) in [5.41, 5.74) is -0.428. The van der Waals surface area contributed by atoms with Crippen molar-refractivity contribution in [2.24, 2.45) is 0 Å². The van der Waals surface area contributed by atoms with E-state index in [2.05, 4.69) is 0 Å². The molecule has 1 atom stereocenters.